The number of hydrogen-bond acceptors (Lipinski definition) is 4. The Balaban J connectivity index is 1.64. The number of amides is 1. The molecule has 0 atom stereocenters. The van der Waals surface area contributed by atoms with Crippen molar-refractivity contribution in [1.82, 2.24) is 0 Å². The van der Waals surface area contributed by atoms with Gasteiger partial charge in [-0.15, -0.1) is 0 Å². The van der Waals surface area contributed by atoms with Gasteiger partial charge in [0.2, 0.25) is 0 Å². The second kappa shape index (κ2) is 9.36. The highest BCUT2D eigenvalue weighted by Crippen LogP contribution is 2.28. The van der Waals surface area contributed by atoms with Gasteiger partial charge in [0, 0.05) is 11.4 Å². The molecular formula is C22H20ClFN2O4S. The van der Waals surface area contributed by atoms with E-state index in [2.05, 4.69) is 10.0 Å². The number of carbonyl (C=O) groups is 1. The molecule has 3 rings (SSSR count). The maximum atomic E-state index is 13.0. The number of ether oxygens (including phenoxy) is 1. The second-order valence-electron chi connectivity index (χ2n) is 6.84. The molecular weight excluding hydrogens is 443 g/mol. The molecule has 6 nitrogen and oxygen atoms in total. The molecule has 0 heterocycles. The largest absolute Gasteiger partial charge is 0.482 e. The van der Waals surface area contributed by atoms with Crippen LogP contribution in [0, 0.1) is 19.7 Å². The monoisotopic (exact) mass is 462 g/mol. The minimum absolute atomic E-state index is 0.0287. The average Bonchev–Trinajstić information content (AvgIpc) is 2.71. The third-order valence-corrected chi connectivity index (χ3v) is 6.13. The van der Waals surface area contributed by atoms with E-state index in [9.17, 15) is 17.6 Å². The summed E-state index contributed by atoms with van der Waals surface area (Å²) < 4.78 is 45.8. The fraction of sp³-hybridized carbons (Fsp3) is 0.136. The van der Waals surface area contributed by atoms with Gasteiger partial charge < -0.3 is 10.1 Å². The van der Waals surface area contributed by atoms with Gasteiger partial charge in [0.1, 0.15) is 11.6 Å². The molecule has 0 spiro atoms. The average molecular weight is 463 g/mol. The predicted octanol–water partition coefficient (Wildman–Crippen LogP) is 4.91. The molecule has 0 bridgehead atoms. The van der Waals surface area contributed by atoms with Crippen molar-refractivity contribution in [2.24, 2.45) is 0 Å². The van der Waals surface area contributed by atoms with Gasteiger partial charge in [-0.25, -0.2) is 12.8 Å². The Kier molecular flexibility index (Phi) is 6.82. The molecule has 2 N–H and O–H groups in total. The van der Waals surface area contributed by atoms with E-state index in [0.717, 1.165) is 23.3 Å². The molecule has 0 aliphatic carbocycles. The lowest BCUT2D eigenvalue weighted by molar-refractivity contribution is -0.118. The Morgan fingerprint density at radius 3 is 2.29 bits per heavy atom. The summed E-state index contributed by atoms with van der Waals surface area (Å²) in [6.45, 7) is 3.62. The fourth-order valence-corrected chi connectivity index (χ4v) is 4.04. The van der Waals surface area contributed by atoms with E-state index in [-0.39, 0.29) is 33.9 Å². The lowest BCUT2D eigenvalue weighted by atomic mass is 10.1. The van der Waals surface area contributed by atoms with Gasteiger partial charge in [-0.2, -0.15) is 0 Å². The number of sulfonamides is 1. The quantitative estimate of drug-likeness (QED) is 0.522. The number of anilines is 2. The molecule has 0 saturated heterocycles. The zero-order chi connectivity index (χ0) is 22.6. The Morgan fingerprint density at radius 1 is 0.968 bits per heavy atom. The summed E-state index contributed by atoms with van der Waals surface area (Å²) >= 11 is 6.14. The molecule has 0 aliphatic rings. The van der Waals surface area contributed by atoms with Crippen molar-refractivity contribution in [2.75, 3.05) is 16.6 Å². The Hall–Kier alpha value is -3.10. The van der Waals surface area contributed by atoms with Gasteiger partial charge in [-0.3, -0.25) is 9.52 Å². The van der Waals surface area contributed by atoms with Crippen molar-refractivity contribution in [3.63, 3.8) is 0 Å². The Labute approximate surface area is 185 Å². The first kappa shape index (κ1) is 22.6. The van der Waals surface area contributed by atoms with Crippen LogP contribution < -0.4 is 14.8 Å². The summed E-state index contributed by atoms with van der Waals surface area (Å²) in [6.07, 6.45) is 0. The highest BCUT2D eigenvalue weighted by molar-refractivity contribution is 7.92. The number of aryl methyl sites for hydroxylation is 2. The third kappa shape index (κ3) is 5.96. The summed E-state index contributed by atoms with van der Waals surface area (Å²) in [5.41, 5.74) is 3.02. The molecule has 0 aromatic heterocycles. The summed E-state index contributed by atoms with van der Waals surface area (Å²) in [7, 11) is -3.94. The predicted molar refractivity (Wildman–Crippen MR) is 119 cm³/mol. The highest BCUT2D eigenvalue weighted by atomic mass is 35.5. The van der Waals surface area contributed by atoms with E-state index in [0.29, 0.717) is 5.69 Å². The molecule has 9 heteroatoms. The van der Waals surface area contributed by atoms with Crippen LogP contribution in [0.1, 0.15) is 11.1 Å². The zero-order valence-corrected chi connectivity index (χ0v) is 18.4. The molecule has 0 aliphatic heterocycles. The molecule has 1 amide bonds. The lowest BCUT2D eigenvalue weighted by Crippen LogP contribution is -2.20. The lowest BCUT2D eigenvalue weighted by Gasteiger charge is -2.12. The number of carbonyl (C=O) groups excluding carboxylic acids is 1. The van der Waals surface area contributed by atoms with Crippen LogP contribution in [0.5, 0.6) is 5.75 Å². The van der Waals surface area contributed by atoms with Gasteiger partial charge in [-0.05, 0) is 79.6 Å². The minimum atomic E-state index is -3.94. The van der Waals surface area contributed by atoms with Crippen molar-refractivity contribution in [3.8, 4) is 5.75 Å². The van der Waals surface area contributed by atoms with Gasteiger partial charge in [0.15, 0.2) is 6.61 Å². The number of nitrogens with one attached hydrogen (secondary N) is 2. The molecule has 31 heavy (non-hydrogen) atoms. The van der Waals surface area contributed by atoms with E-state index in [1.54, 1.807) is 6.07 Å². The summed E-state index contributed by atoms with van der Waals surface area (Å²) in [5, 5.41) is 2.76. The molecule has 0 fully saturated rings. The minimum Gasteiger partial charge on any atom is -0.482 e. The molecule has 3 aromatic carbocycles. The van der Waals surface area contributed by atoms with Crippen LogP contribution in [0.3, 0.4) is 0 Å². The first-order chi connectivity index (χ1) is 14.6. The molecule has 0 radical (unpaired) electrons. The number of hydrogen-bond donors (Lipinski definition) is 2. The fourth-order valence-electron chi connectivity index (χ4n) is 2.66. The van der Waals surface area contributed by atoms with E-state index in [1.165, 1.54) is 30.3 Å². The molecule has 162 valence electrons. The maximum absolute atomic E-state index is 13.0. The van der Waals surface area contributed by atoms with Gasteiger partial charge in [0.25, 0.3) is 15.9 Å². The van der Waals surface area contributed by atoms with E-state index >= 15 is 0 Å². The van der Waals surface area contributed by atoms with Gasteiger partial charge in [-0.1, -0.05) is 17.7 Å². The molecule has 0 unspecified atom stereocenters. The maximum Gasteiger partial charge on any atom is 0.262 e. The van der Waals surface area contributed by atoms with Crippen LogP contribution in [0.2, 0.25) is 5.02 Å². The van der Waals surface area contributed by atoms with Crippen LogP contribution in [-0.2, 0) is 14.8 Å². The number of benzene rings is 3. The topological polar surface area (TPSA) is 84.5 Å². The van der Waals surface area contributed by atoms with Crippen LogP contribution in [0.25, 0.3) is 0 Å². The van der Waals surface area contributed by atoms with Crippen molar-refractivity contribution in [2.45, 2.75) is 18.7 Å². The summed E-state index contributed by atoms with van der Waals surface area (Å²) in [4.78, 5) is 12.0. The zero-order valence-electron chi connectivity index (χ0n) is 16.8. The van der Waals surface area contributed by atoms with Gasteiger partial charge in [0.05, 0.1) is 9.92 Å². The van der Waals surface area contributed by atoms with E-state index < -0.39 is 15.8 Å². The smallest absolute Gasteiger partial charge is 0.262 e. The van der Waals surface area contributed by atoms with Crippen molar-refractivity contribution in [3.05, 3.63) is 82.6 Å². The van der Waals surface area contributed by atoms with Crippen molar-refractivity contribution in [1.29, 1.82) is 0 Å². The first-order valence-electron chi connectivity index (χ1n) is 9.22. The van der Waals surface area contributed by atoms with E-state index in [4.69, 9.17) is 16.3 Å². The van der Waals surface area contributed by atoms with Crippen molar-refractivity contribution >= 4 is 38.9 Å². The second-order valence-corrected chi connectivity index (χ2v) is 8.93. The normalized spacial score (nSPS) is 11.1. The Morgan fingerprint density at radius 2 is 1.65 bits per heavy atom. The first-order valence-corrected chi connectivity index (χ1v) is 11.1. The third-order valence-electron chi connectivity index (χ3n) is 4.46. The van der Waals surface area contributed by atoms with Crippen LogP contribution >= 0.6 is 11.6 Å². The van der Waals surface area contributed by atoms with Crippen LogP contribution in [-0.4, -0.2) is 20.9 Å². The molecule has 3 aromatic rings. The Bertz CT molecular complexity index is 1210. The SMILES string of the molecule is Cc1ccc(NC(=O)COc2ccc(S(=O)(=O)Nc3ccc(F)cc3)cc2Cl)cc1C. The summed E-state index contributed by atoms with van der Waals surface area (Å²) in [5.74, 6) is -0.694. The number of rotatable bonds is 7. The van der Waals surface area contributed by atoms with E-state index in [1.807, 2.05) is 26.0 Å². The molecule has 0 saturated carbocycles. The van der Waals surface area contributed by atoms with Gasteiger partial charge >= 0.3 is 0 Å². The highest BCUT2D eigenvalue weighted by Gasteiger charge is 2.17. The van der Waals surface area contributed by atoms with Crippen LogP contribution in [0.4, 0.5) is 15.8 Å². The standard InChI is InChI=1S/C22H20ClFN2O4S/c1-14-3-6-18(11-15(14)2)25-22(27)13-30-21-10-9-19(12-20(21)23)31(28,29)26-17-7-4-16(24)5-8-17/h3-12,26H,13H2,1-2H3,(H,25,27). The van der Waals surface area contributed by atoms with Crippen molar-refractivity contribution < 1.29 is 22.3 Å². The van der Waals surface area contributed by atoms with Crippen LogP contribution in [0.15, 0.2) is 65.6 Å². The number of halogens is 2. The summed E-state index contributed by atoms with van der Waals surface area (Å²) in [6, 6.07) is 14.3.